The third-order valence-electron chi connectivity index (χ3n) is 5.90. The second kappa shape index (κ2) is 8.06. The van der Waals surface area contributed by atoms with Gasteiger partial charge in [0.2, 0.25) is 0 Å². The molecule has 1 aliphatic heterocycles. The van der Waals surface area contributed by atoms with Crippen molar-refractivity contribution in [3.8, 4) is 5.75 Å². The van der Waals surface area contributed by atoms with Crippen LogP contribution in [-0.2, 0) is 21.2 Å². The van der Waals surface area contributed by atoms with E-state index in [-0.39, 0.29) is 23.8 Å². The number of carbonyl (C=O) groups excluding carboxylic acids is 1. The lowest BCUT2D eigenvalue weighted by Gasteiger charge is -2.30. The van der Waals surface area contributed by atoms with E-state index in [4.69, 9.17) is 9.15 Å². The molecule has 30 heavy (non-hydrogen) atoms. The fourth-order valence-electron chi connectivity index (χ4n) is 3.99. The first-order chi connectivity index (χ1) is 14.2. The van der Waals surface area contributed by atoms with Crippen LogP contribution in [0.15, 0.2) is 40.8 Å². The predicted octanol–water partition coefficient (Wildman–Crippen LogP) is 3.53. The zero-order valence-corrected chi connectivity index (χ0v) is 17.9. The largest absolute Gasteiger partial charge is 0.478 e. The average Bonchev–Trinajstić information content (AvgIpc) is 3.09. The average molecular weight is 436 g/mol. The number of furan rings is 1. The summed E-state index contributed by atoms with van der Waals surface area (Å²) in [6.07, 6.45) is 0.487. The maximum atomic E-state index is 13.9. The molecule has 0 N–H and O–H groups in total. The van der Waals surface area contributed by atoms with Gasteiger partial charge < -0.3 is 14.1 Å². The van der Waals surface area contributed by atoms with Crippen LogP contribution in [0.3, 0.4) is 0 Å². The van der Waals surface area contributed by atoms with Gasteiger partial charge in [0.25, 0.3) is 5.91 Å². The Balaban J connectivity index is 1.52. The van der Waals surface area contributed by atoms with Crippen LogP contribution < -0.4 is 4.74 Å². The minimum atomic E-state index is -3.19. The van der Waals surface area contributed by atoms with E-state index in [1.54, 1.807) is 19.1 Å². The summed E-state index contributed by atoms with van der Waals surface area (Å²) < 4.78 is 49.5. The summed E-state index contributed by atoms with van der Waals surface area (Å²) in [4.78, 5) is 14.7. The molecule has 8 heteroatoms. The maximum Gasteiger partial charge on any atom is 0.264 e. The van der Waals surface area contributed by atoms with Crippen LogP contribution in [0.1, 0.15) is 44.1 Å². The third-order valence-corrected chi connectivity index (χ3v) is 7.65. The fraction of sp³-hybridized carbons (Fsp3) is 0.500. The quantitative estimate of drug-likeness (QED) is 0.665. The molecule has 6 nitrogen and oxygen atoms in total. The molecule has 1 saturated heterocycles. The topological polar surface area (TPSA) is 76.8 Å². The van der Waals surface area contributed by atoms with Crippen molar-refractivity contribution in [3.63, 3.8) is 0 Å². The number of ether oxygens (including phenoxy) is 1. The Kier molecular flexibility index (Phi) is 5.61. The molecule has 162 valence electrons. The van der Waals surface area contributed by atoms with Gasteiger partial charge in [-0.25, -0.2) is 12.8 Å². The summed E-state index contributed by atoms with van der Waals surface area (Å²) >= 11 is 0. The van der Waals surface area contributed by atoms with Crippen molar-refractivity contribution in [1.29, 1.82) is 0 Å². The Labute approximate surface area is 175 Å². The monoisotopic (exact) mass is 435 g/mol. The van der Waals surface area contributed by atoms with Crippen molar-refractivity contribution >= 4 is 15.7 Å². The van der Waals surface area contributed by atoms with Gasteiger partial charge in [-0.15, -0.1) is 0 Å². The Hall–Kier alpha value is -2.35. The first-order valence-electron chi connectivity index (χ1n) is 10.2. The minimum Gasteiger partial charge on any atom is -0.478 e. The molecule has 2 aromatic rings. The van der Waals surface area contributed by atoms with E-state index < -0.39 is 33.7 Å². The molecule has 4 unspecified atom stereocenters. The summed E-state index contributed by atoms with van der Waals surface area (Å²) in [6.45, 7) is 3.86. The summed E-state index contributed by atoms with van der Waals surface area (Å²) in [6, 6.07) is 9.20. The lowest BCUT2D eigenvalue weighted by atomic mass is 10.2. The molecule has 1 aliphatic carbocycles. The Morgan fingerprint density at radius 1 is 1.30 bits per heavy atom. The molecule has 2 fully saturated rings. The maximum absolute atomic E-state index is 13.9. The normalized spacial score (nSPS) is 25.6. The van der Waals surface area contributed by atoms with Gasteiger partial charge in [-0.05, 0) is 49.9 Å². The van der Waals surface area contributed by atoms with E-state index in [0.717, 1.165) is 12.2 Å². The van der Waals surface area contributed by atoms with E-state index in [9.17, 15) is 17.6 Å². The van der Waals surface area contributed by atoms with Gasteiger partial charge in [0, 0.05) is 12.0 Å². The number of hydrogen-bond donors (Lipinski definition) is 0. The first-order valence-corrected chi connectivity index (χ1v) is 12.1. The number of sulfone groups is 1. The van der Waals surface area contributed by atoms with Crippen molar-refractivity contribution in [1.82, 2.24) is 4.90 Å². The van der Waals surface area contributed by atoms with Crippen molar-refractivity contribution in [2.75, 3.05) is 11.5 Å². The lowest BCUT2D eigenvalue weighted by Crippen LogP contribution is -2.46. The molecule has 2 aliphatic rings. The minimum absolute atomic E-state index is 0.0136. The van der Waals surface area contributed by atoms with E-state index in [1.807, 2.05) is 12.1 Å². The molecule has 2 heterocycles. The number of halogens is 1. The van der Waals surface area contributed by atoms with E-state index in [1.165, 1.54) is 17.0 Å². The predicted molar refractivity (Wildman–Crippen MR) is 109 cm³/mol. The molecule has 1 saturated carbocycles. The first kappa shape index (κ1) is 20.9. The third kappa shape index (κ3) is 4.53. The lowest BCUT2D eigenvalue weighted by molar-refractivity contribution is -0.141. The van der Waals surface area contributed by atoms with Crippen molar-refractivity contribution in [3.05, 3.63) is 53.7 Å². The van der Waals surface area contributed by atoms with Gasteiger partial charge in [0.15, 0.2) is 27.5 Å². The highest BCUT2D eigenvalue weighted by Crippen LogP contribution is 2.47. The highest BCUT2D eigenvalue weighted by molar-refractivity contribution is 7.91. The second-order valence-corrected chi connectivity index (χ2v) is 10.6. The molecular formula is C22H26FNO5S. The zero-order valence-electron chi connectivity index (χ0n) is 17.1. The van der Waals surface area contributed by atoms with Crippen LogP contribution in [0.5, 0.6) is 5.75 Å². The van der Waals surface area contributed by atoms with Gasteiger partial charge in [-0.3, -0.25) is 4.79 Å². The fourth-order valence-corrected chi connectivity index (χ4v) is 5.72. The highest BCUT2D eigenvalue weighted by atomic mass is 32.2. The molecule has 0 radical (unpaired) electrons. The van der Waals surface area contributed by atoms with Gasteiger partial charge >= 0.3 is 0 Å². The Bertz CT molecular complexity index is 1030. The van der Waals surface area contributed by atoms with Crippen LogP contribution in [0.4, 0.5) is 4.39 Å². The van der Waals surface area contributed by atoms with Crippen molar-refractivity contribution in [2.24, 2.45) is 5.92 Å². The summed E-state index contributed by atoms with van der Waals surface area (Å²) in [5, 5.41) is 0. The number of rotatable bonds is 7. The summed E-state index contributed by atoms with van der Waals surface area (Å²) in [7, 11) is -3.19. The molecule has 1 aromatic heterocycles. The SMILES string of the molecule is CC(Oc1ccccc1F)C(=O)N(Cc1ccc(C2CC2C)o1)C1CCS(=O)(=O)C1. The summed E-state index contributed by atoms with van der Waals surface area (Å²) in [5.74, 6) is 1.53. The number of nitrogens with zero attached hydrogens (tertiary/aromatic N) is 1. The van der Waals surface area contributed by atoms with Crippen LogP contribution in [0, 0.1) is 11.7 Å². The smallest absolute Gasteiger partial charge is 0.264 e. The van der Waals surface area contributed by atoms with Crippen LogP contribution >= 0.6 is 0 Å². The number of hydrogen-bond acceptors (Lipinski definition) is 5. The van der Waals surface area contributed by atoms with E-state index >= 15 is 0 Å². The van der Waals surface area contributed by atoms with Gasteiger partial charge in [-0.2, -0.15) is 0 Å². The molecule has 4 atom stereocenters. The molecule has 1 aromatic carbocycles. The van der Waals surface area contributed by atoms with Crippen molar-refractivity contribution < 1.29 is 26.8 Å². The van der Waals surface area contributed by atoms with Gasteiger partial charge in [0.05, 0.1) is 18.1 Å². The highest BCUT2D eigenvalue weighted by Gasteiger charge is 2.39. The standard InChI is InChI=1S/C22H26FNO5S/c1-14-11-18(14)20-8-7-17(29-20)12-24(16-9-10-30(26,27)13-16)22(25)15(2)28-21-6-4-3-5-19(21)23/h3-8,14-16,18H,9-13H2,1-2H3. The van der Waals surface area contributed by atoms with Crippen LogP contribution in [-0.4, -0.2) is 42.9 Å². The van der Waals surface area contributed by atoms with Gasteiger partial charge in [0.1, 0.15) is 11.5 Å². The number of carbonyl (C=O) groups is 1. The molecular weight excluding hydrogens is 409 g/mol. The zero-order chi connectivity index (χ0) is 21.5. The second-order valence-electron chi connectivity index (χ2n) is 8.34. The van der Waals surface area contributed by atoms with Crippen LogP contribution in [0.2, 0.25) is 0 Å². The van der Waals surface area contributed by atoms with E-state index in [2.05, 4.69) is 6.92 Å². The number of para-hydroxylation sites is 1. The molecule has 0 spiro atoms. The van der Waals surface area contributed by atoms with Crippen molar-refractivity contribution in [2.45, 2.75) is 51.3 Å². The van der Waals surface area contributed by atoms with Crippen LogP contribution in [0.25, 0.3) is 0 Å². The van der Waals surface area contributed by atoms with Gasteiger partial charge in [-0.1, -0.05) is 19.1 Å². The molecule has 0 bridgehead atoms. The Morgan fingerprint density at radius 3 is 2.67 bits per heavy atom. The number of amides is 1. The number of benzene rings is 1. The van der Waals surface area contributed by atoms with E-state index in [0.29, 0.717) is 24.0 Å². The Morgan fingerprint density at radius 2 is 2.03 bits per heavy atom. The molecule has 1 amide bonds. The molecule has 4 rings (SSSR count). The summed E-state index contributed by atoms with van der Waals surface area (Å²) in [5.41, 5.74) is 0.